The third-order valence-electron chi connectivity index (χ3n) is 3.05. The second kappa shape index (κ2) is 5.64. The zero-order chi connectivity index (χ0) is 11.4. The Kier molecular flexibility index (Phi) is 4.18. The molecule has 0 amide bonds. The number of anilines is 1. The van der Waals surface area contributed by atoms with Gasteiger partial charge in [0.25, 0.3) is 0 Å². The molecule has 2 rings (SSSR count). The van der Waals surface area contributed by atoms with Gasteiger partial charge >= 0.3 is 0 Å². The SMILES string of the molecule is COCC1CCN(c2ccc(Br)cn2)CC1. The fourth-order valence-corrected chi connectivity index (χ4v) is 2.35. The van der Waals surface area contributed by atoms with Crippen molar-refractivity contribution in [1.29, 1.82) is 0 Å². The molecular weight excluding hydrogens is 268 g/mol. The van der Waals surface area contributed by atoms with Gasteiger partial charge in [0.2, 0.25) is 0 Å². The van der Waals surface area contributed by atoms with E-state index in [9.17, 15) is 0 Å². The smallest absolute Gasteiger partial charge is 0.128 e. The first-order valence-electron chi connectivity index (χ1n) is 5.65. The van der Waals surface area contributed by atoms with Gasteiger partial charge in [-0.25, -0.2) is 4.98 Å². The van der Waals surface area contributed by atoms with E-state index in [2.05, 4.69) is 31.9 Å². The van der Waals surface area contributed by atoms with Crippen molar-refractivity contribution in [3.8, 4) is 0 Å². The maximum absolute atomic E-state index is 5.20. The number of halogens is 1. The van der Waals surface area contributed by atoms with Gasteiger partial charge in [-0.05, 0) is 46.8 Å². The lowest BCUT2D eigenvalue weighted by Crippen LogP contribution is -2.35. The van der Waals surface area contributed by atoms with Crippen LogP contribution >= 0.6 is 15.9 Å². The van der Waals surface area contributed by atoms with E-state index in [4.69, 9.17) is 4.74 Å². The lowest BCUT2D eigenvalue weighted by molar-refractivity contribution is 0.139. The molecule has 1 fully saturated rings. The zero-order valence-electron chi connectivity index (χ0n) is 9.53. The maximum Gasteiger partial charge on any atom is 0.128 e. The highest BCUT2D eigenvalue weighted by atomic mass is 79.9. The van der Waals surface area contributed by atoms with E-state index in [1.54, 1.807) is 7.11 Å². The van der Waals surface area contributed by atoms with Crippen LogP contribution in [-0.4, -0.2) is 31.8 Å². The third-order valence-corrected chi connectivity index (χ3v) is 3.52. The van der Waals surface area contributed by atoms with Crippen LogP contribution in [0.2, 0.25) is 0 Å². The van der Waals surface area contributed by atoms with Gasteiger partial charge in [0, 0.05) is 37.5 Å². The Hall–Kier alpha value is -0.610. The number of hydrogen-bond acceptors (Lipinski definition) is 3. The van der Waals surface area contributed by atoms with Gasteiger partial charge in [0.1, 0.15) is 5.82 Å². The summed E-state index contributed by atoms with van der Waals surface area (Å²) in [5.74, 6) is 1.80. The number of methoxy groups -OCH3 is 1. The molecular formula is C12H17BrN2O. The molecule has 4 heteroatoms. The predicted molar refractivity (Wildman–Crippen MR) is 68.8 cm³/mol. The molecule has 0 aliphatic carbocycles. The first-order chi connectivity index (χ1) is 7.79. The standard InChI is InChI=1S/C12H17BrN2O/c1-16-9-10-4-6-15(7-5-10)12-3-2-11(13)8-14-12/h2-3,8,10H,4-7,9H2,1H3. The second-order valence-electron chi connectivity index (χ2n) is 4.22. The Balaban J connectivity index is 1.91. The van der Waals surface area contributed by atoms with Gasteiger partial charge in [0.15, 0.2) is 0 Å². The highest BCUT2D eigenvalue weighted by molar-refractivity contribution is 9.10. The zero-order valence-corrected chi connectivity index (χ0v) is 11.1. The summed E-state index contributed by atoms with van der Waals surface area (Å²) in [5.41, 5.74) is 0. The van der Waals surface area contributed by atoms with Gasteiger partial charge in [-0.3, -0.25) is 0 Å². The van der Waals surface area contributed by atoms with Crippen molar-refractivity contribution in [3.63, 3.8) is 0 Å². The fraction of sp³-hybridized carbons (Fsp3) is 0.583. The van der Waals surface area contributed by atoms with E-state index in [0.717, 1.165) is 35.9 Å². The summed E-state index contributed by atoms with van der Waals surface area (Å²) in [6.45, 7) is 3.06. The topological polar surface area (TPSA) is 25.4 Å². The maximum atomic E-state index is 5.20. The van der Waals surface area contributed by atoms with Crippen molar-refractivity contribution in [2.24, 2.45) is 5.92 Å². The lowest BCUT2D eigenvalue weighted by Gasteiger charge is -2.32. The largest absolute Gasteiger partial charge is 0.384 e. The third kappa shape index (κ3) is 2.95. The number of aromatic nitrogens is 1. The van der Waals surface area contributed by atoms with Crippen molar-refractivity contribution in [2.45, 2.75) is 12.8 Å². The van der Waals surface area contributed by atoms with E-state index in [1.165, 1.54) is 12.8 Å². The van der Waals surface area contributed by atoms with Crippen LogP contribution in [0.4, 0.5) is 5.82 Å². The molecule has 0 atom stereocenters. The number of piperidine rings is 1. The Morgan fingerprint density at radius 2 is 2.19 bits per heavy atom. The number of rotatable bonds is 3. The predicted octanol–water partition coefficient (Wildman–Crippen LogP) is 2.71. The summed E-state index contributed by atoms with van der Waals surface area (Å²) in [6, 6.07) is 4.12. The van der Waals surface area contributed by atoms with Crippen molar-refractivity contribution in [1.82, 2.24) is 4.98 Å². The average molecular weight is 285 g/mol. The number of nitrogens with zero attached hydrogens (tertiary/aromatic N) is 2. The van der Waals surface area contributed by atoms with Crippen LogP contribution in [0.25, 0.3) is 0 Å². The second-order valence-corrected chi connectivity index (χ2v) is 5.14. The molecule has 0 radical (unpaired) electrons. The van der Waals surface area contributed by atoms with E-state index >= 15 is 0 Å². The summed E-state index contributed by atoms with van der Waals surface area (Å²) in [4.78, 5) is 6.77. The van der Waals surface area contributed by atoms with Crippen LogP contribution in [0.15, 0.2) is 22.8 Å². The average Bonchev–Trinajstić information content (AvgIpc) is 2.32. The van der Waals surface area contributed by atoms with Crippen LogP contribution < -0.4 is 4.90 Å². The quantitative estimate of drug-likeness (QED) is 0.854. The van der Waals surface area contributed by atoms with Gasteiger partial charge in [-0.2, -0.15) is 0 Å². The van der Waals surface area contributed by atoms with E-state index < -0.39 is 0 Å². The summed E-state index contributed by atoms with van der Waals surface area (Å²) in [7, 11) is 1.78. The molecule has 1 aromatic heterocycles. The molecule has 88 valence electrons. The number of hydrogen-bond donors (Lipinski definition) is 0. The molecule has 1 saturated heterocycles. The first-order valence-corrected chi connectivity index (χ1v) is 6.44. The molecule has 1 aromatic rings. The van der Waals surface area contributed by atoms with Gasteiger partial charge in [-0.1, -0.05) is 0 Å². The Morgan fingerprint density at radius 1 is 1.44 bits per heavy atom. The summed E-state index contributed by atoms with van der Waals surface area (Å²) in [5, 5.41) is 0. The molecule has 2 heterocycles. The highest BCUT2D eigenvalue weighted by Gasteiger charge is 2.19. The molecule has 0 saturated carbocycles. The van der Waals surface area contributed by atoms with Crippen LogP contribution in [0.3, 0.4) is 0 Å². The van der Waals surface area contributed by atoms with Gasteiger partial charge in [0.05, 0.1) is 0 Å². The molecule has 0 bridgehead atoms. The van der Waals surface area contributed by atoms with Gasteiger partial charge < -0.3 is 9.64 Å². The lowest BCUT2D eigenvalue weighted by atomic mass is 9.98. The van der Waals surface area contributed by atoms with E-state index in [0.29, 0.717) is 0 Å². The minimum Gasteiger partial charge on any atom is -0.384 e. The first kappa shape index (κ1) is 11.9. The van der Waals surface area contributed by atoms with Crippen molar-refractivity contribution in [2.75, 3.05) is 31.7 Å². The van der Waals surface area contributed by atoms with E-state index in [-0.39, 0.29) is 0 Å². The fourth-order valence-electron chi connectivity index (χ4n) is 2.12. The van der Waals surface area contributed by atoms with E-state index in [1.807, 2.05) is 12.3 Å². The molecule has 0 N–H and O–H groups in total. The monoisotopic (exact) mass is 284 g/mol. The summed E-state index contributed by atoms with van der Waals surface area (Å²) < 4.78 is 6.23. The minimum absolute atomic E-state index is 0.719. The van der Waals surface area contributed by atoms with Crippen molar-refractivity contribution in [3.05, 3.63) is 22.8 Å². The molecule has 3 nitrogen and oxygen atoms in total. The van der Waals surface area contributed by atoms with Crippen LogP contribution in [-0.2, 0) is 4.74 Å². The number of ether oxygens (including phenoxy) is 1. The molecule has 16 heavy (non-hydrogen) atoms. The normalized spacial score (nSPS) is 17.8. The molecule has 0 unspecified atom stereocenters. The van der Waals surface area contributed by atoms with Crippen LogP contribution in [0, 0.1) is 5.92 Å². The highest BCUT2D eigenvalue weighted by Crippen LogP contribution is 2.22. The van der Waals surface area contributed by atoms with Crippen LogP contribution in [0.1, 0.15) is 12.8 Å². The Labute approximate surface area is 105 Å². The molecule has 0 aromatic carbocycles. The molecule has 0 spiro atoms. The molecule has 1 aliphatic heterocycles. The Morgan fingerprint density at radius 3 is 2.75 bits per heavy atom. The van der Waals surface area contributed by atoms with Crippen molar-refractivity contribution < 1.29 is 4.74 Å². The Bertz CT molecular complexity index is 320. The summed E-state index contributed by atoms with van der Waals surface area (Å²) in [6.07, 6.45) is 4.26. The summed E-state index contributed by atoms with van der Waals surface area (Å²) >= 11 is 3.40. The molecule has 1 aliphatic rings. The minimum atomic E-state index is 0.719. The van der Waals surface area contributed by atoms with Crippen molar-refractivity contribution >= 4 is 21.7 Å². The number of pyridine rings is 1. The van der Waals surface area contributed by atoms with Gasteiger partial charge in [-0.15, -0.1) is 0 Å². The van der Waals surface area contributed by atoms with Crippen LogP contribution in [0.5, 0.6) is 0 Å².